The molecule has 2 N–H and O–H groups in total. The van der Waals surface area contributed by atoms with Crippen LogP contribution in [0.3, 0.4) is 0 Å². The minimum absolute atomic E-state index is 0.0255. The van der Waals surface area contributed by atoms with E-state index in [2.05, 4.69) is 33.2 Å². The van der Waals surface area contributed by atoms with Gasteiger partial charge < -0.3 is 15.2 Å². The van der Waals surface area contributed by atoms with E-state index >= 15 is 0 Å². The lowest BCUT2D eigenvalue weighted by Crippen LogP contribution is -2.35. The van der Waals surface area contributed by atoms with Crippen molar-refractivity contribution in [3.05, 3.63) is 87.5 Å². The van der Waals surface area contributed by atoms with Crippen LogP contribution in [0.1, 0.15) is 62.4 Å². The smallest absolute Gasteiger partial charge is 0.135 e. The van der Waals surface area contributed by atoms with E-state index in [0.29, 0.717) is 12.2 Å². The Kier molecular flexibility index (Phi) is 8.78. The van der Waals surface area contributed by atoms with Crippen molar-refractivity contribution in [3.8, 4) is 11.3 Å². The molecule has 0 fully saturated rings. The van der Waals surface area contributed by atoms with E-state index in [1.165, 1.54) is 23.1 Å². The van der Waals surface area contributed by atoms with Gasteiger partial charge in [-0.05, 0) is 43.2 Å². The number of halogens is 2. The Balaban J connectivity index is 0.000000771. The van der Waals surface area contributed by atoms with Gasteiger partial charge in [-0.15, -0.1) is 0 Å². The molecular formula is C27H34F2N4S. The average Bonchev–Trinajstić information content (AvgIpc) is 3.42. The minimum atomic E-state index is -0.541. The molecular weight excluding hydrogens is 450 g/mol. The zero-order valence-corrected chi connectivity index (χ0v) is 21.6. The first-order chi connectivity index (χ1) is 16.5. The van der Waals surface area contributed by atoms with Crippen LogP contribution in [-0.2, 0) is 13.0 Å². The second kappa shape index (κ2) is 11.6. The fourth-order valence-corrected chi connectivity index (χ4v) is 5.40. The molecule has 0 bridgehead atoms. The summed E-state index contributed by atoms with van der Waals surface area (Å²) < 4.78 is 28.7. The van der Waals surface area contributed by atoms with Crippen molar-refractivity contribution in [2.24, 2.45) is 0 Å². The quantitative estimate of drug-likeness (QED) is 0.409. The maximum Gasteiger partial charge on any atom is 0.135 e. The van der Waals surface area contributed by atoms with Gasteiger partial charge >= 0.3 is 0 Å². The molecule has 1 aromatic carbocycles. The molecule has 0 saturated carbocycles. The summed E-state index contributed by atoms with van der Waals surface area (Å²) in [4.78, 5) is 11.1. The molecule has 3 aromatic rings. The minimum Gasteiger partial charge on any atom is -0.358 e. The van der Waals surface area contributed by atoms with Gasteiger partial charge in [-0.3, -0.25) is 4.98 Å². The van der Waals surface area contributed by atoms with E-state index in [4.69, 9.17) is 0 Å². The average molecular weight is 485 g/mol. The van der Waals surface area contributed by atoms with Gasteiger partial charge in [0, 0.05) is 48.1 Å². The number of aromatic amines is 1. The zero-order chi connectivity index (χ0) is 24.8. The third kappa shape index (κ3) is 4.99. The summed E-state index contributed by atoms with van der Waals surface area (Å²) in [6, 6.07) is 8.02. The predicted octanol–water partition coefficient (Wildman–Crippen LogP) is 7.30. The van der Waals surface area contributed by atoms with Crippen LogP contribution in [0, 0.1) is 18.6 Å². The van der Waals surface area contributed by atoms with Crippen molar-refractivity contribution < 1.29 is 8.78 Å². The van der Waals surface area contributed by atoms with Crippen LogP contribution in [0.5, 0.6) is 0 Å². The molecule has 2 aliphatic rings. The number of rotatable bonds is 3. The lowest BCUT2D eigenvalue weighted by molar-refractivity contribution is 0.297. The first-order valence-electron chi connectivity index (χ1n) is 12.0. The normalized spacial score (nSPS) is 16.7. The molecule has 0 saturated heterocycles. The number of H-pyrrole nitrogens is 1. The highest BCUT2D eigenvalue weighted by molar-refractivity contribution is 8.03. The number of pyridine rings is 1. The topological polar surface area (TPSA) is 44.0 Å². The Morgan fingerprint density at radius 3 is 2.38 bits per heavy atom. The van der Waals surface area contributed by atoms with Crippen LogP contribution in [0.2, 0.25) is 0 Å². The molecule has 7 heteroatoms. The lowest BCUT2D eigenvalue weighted by atomic mass is 10.0. The number of nitrogens with one attached hydrogen (secondary N) is 2. The molecule has 0 aliphatic carbocycles. The predicted molar refractivity (Wildman–Crippen MR) is 138 cm³/mol. The van der Waals surface area contributed by atoms with Crippen LogP contribution in [-0.4, -0.2) is 21.4 Å². The van der Waals surface area contributed by atoms with Gasteiger partial charge in [0.2, 0.25) is 0 Å². The highest BCUT2D eigenvalue weighted by atomic mass is 32.2. The van der Waals surface area contributed by atoms with Crippen molar-refractivity contribution >= 4 is 11.8 Å². The van der Waals surface area contributed by atoms with Crippen LogP contribution in [0.15, 0.2) is 53.5 Å². The number of hydrogen-bond acceptors (Lipinski definition) is 4. The molecule has 5 rings (SSSR count). The third-order valence-electron chi connectivity index (χ3n) is 5.86. The van der Waals surface area contributed by atoms with Gasteiger partial charge in [0.25, 0.3) is 0 Å². The molecule has 4 heterocycles. The largest absolute Gasteiger partial charge is 0.358 e. The van der Waals surface area contributed by atoms with E-state index in [0.717, 1.165) is 41.2 Å². The molecule has 34 heavy (non-hydrogen) atoms. The van der Waals surface area contributed by atoms with Crippen molar-refractivity contribution in [1.29, 1.82) is 0 Å². The van der Waals surface area contributed by atoms with E-state index in [9.17, 15) is 8.78 Å². The van der Waals surface area contributed by atoms with E-state index < -0.39 is 11.6 Å². The maximum absolute atomic E-state index is 14.4. The summed E-state index contributed by atoms with van der Waals surface area (Å²) >= 11 is 1.79. The number of hydrogen-bond donors (Lipinski definition) is 2. The molecule has 4 nitrogen and oxygen atoms in total. The summed E-state index contributed by atoms with van der Waals surface area (Å²) in [7, 11) is 0. The van der Waals surface area contributed by atoms with Crippen molar-refractivity contribution in [3.63, 3.8) is 0 Å². The Labute approximate surface area is 205 Å². The fourth-order valence-electron chi connectivity index (χ4n) is 4.30. The molecule has 2 aromatic heterocycles. The lowest BCUT2D eigenvalue weighted by Gasteiger charge is -2.31. The first-order valence-corrected chi connectivity index (χ1v) is 12.8. The van der Waals surface area contributed by atoms with Crippen LogP contribution < -0.4 is 5.32 Å². The Bertz CT molecular complexity index is 1120. The Morgan fingerprint density at radius 1 is 1.03 bits per heavy atom. The van der Waals surface area contributed by atoms with Crippen LogP contribution in [0.4, 0.5) is 8.78 Å². The number of fused-ring (bicyclic) bond motifs is 1. The molecule has 2 aliphatic heterocycles. The van der Waals surface area contributed by atoms with E-state index in [-0.39, 0.29) is 10.9 Å². The van der Waals surface area contributed by atoms with Gasteiger partial charge in [-0.1, -0.05) is 51.6 Å². The molecule has 1 unspecified atom stereocenters. The fraction of sp³-hybridized carbons (Fsp3) is 0.370. The van der Waals surface area contributed by atoms with Crippen LogP contribution >= 0.6 is 11.8 Å². The van der Waals surface area contributed by atoms with Gasteiger partial charge in [-0.2, -0.15) is 0 Å². The molecule has 0 amide bonds. The number of allylic oxidation sites excluding steroid dienone is 1. The summed E-state index contributed by atoms with van der Waals surface area (Å²) in [5.74, 6) is 0.0410. The standard InChI is InChI=1S/C23H22F2N4S.2C2H6/c1-13-16-12-29(22-14(2)30-23(28-22)15-5-4-9-26-11-15)10-8-19(16)27-21(13)20-17(24)6-3-7-18(20)25;2*1-2/h3-7,9,11,23,27-28H,8,10,12H2,1-2H3;2*1-2H3. The van der Waals surface area contributed by atoms with Gasteiger partial charge in [0.15, 0.2) is 0 Å². The van der Waals surface area contributed by atoms with Crippen LogP contribution in [0.25, 0.3) is 11.3 Å². The van der Waals surface area contributed by atoms with Gasteiger partial charge in [0.1, 0.15) is 22.8 Å². The van der Waals surface area contributed by atoms with E-state index in [1.54, 1.807) is 18.0 Å². The second-order valence-electron chi connectivity index (χ2n) is 7.68. The highest BCUT2D eigenvalue weighted by Crippen LogP contribution is 2.42. The molecule has 0 spiro atoms. The monoisotopic (exact) mass is 484 g/mol. The van der Waals surface area contributed by atoms with Crippen molar-refractivity contribution in [2.75, 3.05) is 6.54 Å². The summed E-state index contributed by atoms with van der Waals surface area (Å²) in [6.45, 7) is 13.6. The number of thioether (sulfide) groups is 1. The summed E-state index contributed by atoms with van der Waals surface area (Å²) in [5, 5.41) is 3.78. The molecule has 0 radical (unpaired) electrons. The zero-order valence-electron chi connectivity index (χ0n) is 20.8. The van der Waals surface area contributed by atoms with Crippen molar-refractivity contribution in [2.45, 2.75) is 59.9 Å². The Hall–Kier alpha value is -2.80. The summed E-state index contributed by atoms with van der Waals surface area (Å²) in [6.07, 6.45) is 4.47. The maximum atomic E-state index is 14.4. The van der Waals surface area contributed by atoms with Crippen molar-refractivity contribution in [1.82, 2.24) is 20.2 Å². The van der Waals surface area contributed by atoms with E-state index in [1.807, 2.05) is 46.9 Å². The summed E-state index contributed by atoms with van der Waals surface area (Å²) in [5.41, 5.74) is 4.81. The number of benzene rings is 1. The Morgan fingerprint density at radius 2 is 1.74 bits per heavy atom. The first kappa shape index (κ1) is 25.8. The third-order valence-corrected chi connectivity index (χ3v) is 7.03. The van der Waals surface area contributed by atoms with Gasteiger partial charge in [0.05, 0.1) is 11.3 Å². The SMILES string of the molecule is CC.CC.CC1=C(N2CCc3[nH]c(-c4c(F)cccc4F)c(C)c3C2)NC(c2cccnc2)S1. The highest BCUT2D eigenvalue weighted by Gasteiger charge is 2.31. The van der Waals surface area contributed by atoms with Gasteiger partial charge in [-0.25, -0.2) is 8.78 Å². The number of nitrogens with zero attached hydrogens (tertiary/aromatic N) is 2. The molecule has 1 atom stereocenters. The number of aromatic nitrogens is 2. The second-order valence-corrected chi connectivity index (χ2v) is 9.00. The molecule has 182 valence electrons.